The fourth-order valence-electron chi connectivity index (χ4n) is 4.28. The van der Waals surface area contributed by atoms with Gasteiger partial charge in [0.25, 0.3) is 0 Å². The van der Waals surface area contributed by atoms with Crippen molar-refractivity contribution in [3.05, 3.63) is 69.3 Å². The minimum atomic E-state index is -1.20. The first kappa shape index (κ1) is 21.8. The van der Waals surface area contributed by atoms with Gasteiger partial charge in [-0.1, -0.05) is 29.6 Å². The zero-order valence-corrected chi connectivity index (χ0v) is 18.3. The Bertz CT molecular complexity index is 1160. The third kappa shape index (κ3) is 4.20. The van der Waals surface area contributed by atoms with Crippen molar-refractivity contribution >= 4 is 29.2 Å². The van der Waals surface area contributed by atoms with E-state index < -0.39 is 17.9 Å². The molecule has 0 radical (unpaired) electrons. The average Bonchev–Trinajstić information content (AvgIpc) is 3.11. The van der Waals surface area contributed by atoms with E-state index in [1.165, 1.54) is 18.2 Å². The molecule has 0 aliphatic heterocycles. The van der Waals surface area contributed by atoms with Gasteiger partial charge in [-0.15, -0.1) is 0 Å². The maximum atomic E-state index is 13.8. The average molecular weight is 463 g/mol. The summed E-state index contributed by atoms with van der Waals surface area (Å²) in [5, 5.41) is 20.6. The number of hydrogen-bond donors (Lipinski definition) is 2. The minimum absolute atomic E-state index is 0.107. The molecule has 3 aromatic rings. The van der Waals surface area contributed by atoms with E-state index >= 15 is 0 Å². The fourth-order valence-corrected chi connectivity index (χ4v) is 4.69. The van der Waals surface area contributed by atoms with Crippen molar-refractivity contribution in [3.63, 3.8) is 0 Å². The van der Waals surface area contributed by atoms with Crippen LogP contribution in [0.4, 0.5) is 4.39 Å². The number of aryl methyl sites for hydroxylation is 1. The summed E-state index contributed by atoms with van der Waals surface area (Å²) < 4.78 is 15.6. The number of aromatic nitrogens is 2. The molecule has 4 rings (SSSR count). The third-order valence-electron chi connectivity index (χ3n) is 5.71. The van der Waals surface area contributed by atoms with Crippen LogP contribution in [-0.2, 0) is 0 Å². The molecule has 2 atom stereocenters. The number of carbonyl (C=O) groups is 1. The van der Waals surface area contributed by atoms with Crippen molar-refractivity contribution in [3.8, 4) is 16.9 Å². The number of hydrogen-bond acceptors (Lipinski definition) is 3. The van der Waals surface area contributed by atoms with E-state index in [1.54, 1.807) is 16.7 Å². The minimum Gasteiger partial charge on any atom is -0.476 e. The van der Waals surface area contributed by atoms with Crippen LogP contribution < -0.4 is 0 Å². The molecule has 5 nitrogen and oxygen atoms in total. The molecule has 0 bridgehead atoms. The van der Waals surface area contributed by atoms with Crippen molar-refractivity contribution in [2.45, 2.75) is 44.6 Å². The zero-order chi connectivity index (χ0) is 22.3. The summed E-state index contributed by atoms with van der Waals surface area (Å²) in [6, 6.07) is 9.43. The van der Waals surface area contributed by atoms with Crippen LogP contribution in [0.5, 0.6) is 0 Å². The maximum absolute atomic E-state index is 13.8. The molecule has 1 aliphatic carbocycles. The highest BCUT2D eigenvalue weighted by Gasteiger charge is 2.32. The summed E-state index contributed by atoms with van der Waals surface area (Å²) in [4.78, 5) is 16.7. The van der Waals surface area contributed by atoms with Crippen LogP contribution in [-0.4, -0.2) is 31.8 Å². The number of rotatable bonds is 4. The van der Waals surface area contributed by atoms with E-state index in [-0.39, 0.29) is 16.6 Å². The van der Waals surface area contributed by atoms with Gasteiger partial charge in [0.2, 0.25) is 0 Å². The summed E-state index contributed by atoms with van der Waals surface area (Å²) in [6.45, 7) is 1.88. The van der Waals surface area contributed by atoms with Crippen LogP contribution in [0.3, 0.4) is 0 Å². The quantitative estimate of drug-likeness (QED) is 0.497. The number of aliphatic hydroxyl groups excluding tert-OH is 1. The molecule has 0 amide bonds. The second-order valence-corrected chi connectivity index (χ2v) is 8.73. The highest BCUT2D eigenvalue weighted by atomic mass is 35.5. The number of imidazole rings is 1. The van der Waals surface area contributed by atoms with Crippen molar-refractivity contribution in [1.82, 2.24) is 9.55 Å². The molecular formula is C23H21Cl2FN2O3. The third-order valence-corrected chi connectivity index (χ3v) is 6.24. The van der Waals surface area contributed by atoms with Crippen molar-refractivity contribution in [2.24, 2.45) is 0 Å². The number of halogens is 3. The molecule has 1 saturated carbocycles. The van der Waals surface area contributed by atoms with Crippen LogP contribution in [0.25, 0.3) is 16.9 Å². The lowest BCUT2D eigenvalue weighted by Gasteiger charge is -2.27. The molecule has 2 aromatic carbocycles. The predicted octanol–water partition coefficient (Wildman–Crippen LogP) is 6.01. The number of carboxylic acid groups (broad SMARTS) is 1. The van der Waals surface area contributed by atoms with Gasteiger partial charge in [0.15, 0.2) is 5.69 Å². The molecule has 1 aliphatic rings. The molecule has 162 valence electrons. The maximum Gasteiger partial charge on any atom is 0.356 e. The van der Waals surface area contributed by atoms with Crippen molar-refractivity contribution in [1.29, 1.82) is 0 Å². The molecular weight excluding hydrogens is 442 g/mol. The molecule has 1 fully saturated rings. The Morgan fingerprint density at radius 1 is 1.19 bits per heavy atom. The number of carboxylic acids is 1. The second-order valence-electron chi connectivity index (χ2n) is 7.88. The summed E-state index contributed by atoms with van der Waals surface area (Å²) in [5.74, 6) is -1.36. The number of aliphatic hydroxyl groups is 1. The van der Waals surface area contributed by atoms with E-state index in [2.05, 4.69) is 4.98 Å². The molecule has 8 heteroatoms. The SMILES string of the molecule is Cc1cc(Cl)ccc1-n1c(C2CCCC(O)C2)nc(C(=O)O)c1-c1ccc(F)c(Cl)c1. The summed E-state index contributed by atoms with van der Waals surface area (Å²) >= 11 is 12.2. The van der Waals surface area contributed by atoms with Crippen LogP contribution in [0.1, 0.15) is 53.5 Å². The first-order valence-electron chi connectivity index (χ1n) is 10.0. The Hall–Kier alpha value is -2.41. The van der Waals surface area contributed by atoms with Crippen LogP contribution in [0.2, 0.25) is 10.0 Å². The van der Waals surface area contributed by atoms with Gasteiger partial charge in [0, 0.05) is 16.5 Å². The summed E-state index contributed by atoms with van der Waals surface area (Å²) in [5.41, 5.74) is 2.15. The molecule has 31 heavy (non-hydrogen) atoms. The Morgan fingerprint density at radius 3 is 2.61 bits per heavy atom. The Kier molecular flexibility index (Phi) is 6.06. The first-order chi connectivity index (χ1) is 14.8. The van der Waals surface area contributed by atoms with Gasteiger partial charge in [0.05, 0.1) is 22.5 Å². The summed E-state index contributed by atoms with van der Waals surface area (Å²) in [6.07, 6.45) is 2.34. The van der Waals surface area contributed by atoms with E-state index in [1.807, 2.05) is 13.0 Å². The topological polar surface area (TPSA) is 75.3 Å². The van der Waals surface area contributed by atoms with Gasteiger partial charge >= 0.3 is 5.97 Å². The van der Waals surface area contributed by atoms with Gasteiger partial charge in [-0.05, 0) is 68.1 Å². The predicted molar refractivity (Wildman–Crippen MR) is 118 cm³/mol. The Balaban J connectivity index is 2.04. The Morgan fingerprint density at radius 2 is 1.97 bits per heavy atom. The van der Waals surface area contributed by atoms with Gasteiger partial charge in [-0.3, -0.25) is 4.57 Å². The normalized spacial score (nSPS) is 18.9. The van der Waals surface area contributed by atoms with E-state index in [0.717, 1.165) is 24.1 Å². The first-order valence-corrected chi connectivity index (χ1v) is 10.8. The van der Waals surface area contributed by atoms with Gasteiger partial charge in [0.1, 0.15) is 11.6 Å². The Labute approximate surface area is 189 Å². The van der Waals surface area contributed by atoms with Crippen LogP contribution in [0, 0.1) is 12.7 Å². The molecule has 0 spiro atoms. The van der Waals surface area contributed by atoms with E-state index in [4.69, 9.17) is 23.2 Å². The smallest absolute Gasteiger partial charge is 0.356 e. The van der Waals surface area contributed by atoms with Crippen molar-refractivity contribution in [2.75, 3.05) is 0 Å². The zero-order valence-electron chi connectivity index (χ0n) is 16.8. The van der Waals surface area contributed by atoms with Crippen molar-refractivity contribution < 1.29 is 19.4 Å². The molecule has 2 N–H and O–H groups in total. The lowest BCUT2D eigenvalue weighted by atomic mass is 9.86. The van der Waals surface area contributed by atoms with Gasteiger partial charge in [-0.25, -0.2) is 14.2 Å². The van der Waals surface area contributed by atoms with Crippen LogP contribution in [0.15, 0.2) is 36.4 Å². The lowest BCUT2D eigenvalue weighted by molar-refractivity contribution is 0.0691. The number of aromatic carboxylic acids is 1. The molecule has 0 saturated heterocycles. The largest absolute Gasteiger partial charge is 0.476 e. The lowest BCUT2D eigenvalue weighted by Crippen LogP contribution is -2.21. The van der Waals surface area contributed by atoms with E-state index in [0.29, 0.717) is 34.9 Å². The summed E-state index contributed by atoms with van der Waals surface area (Å²) in [7, 11) is 0. The van der Waals surface area contributed by atoms with E-state index in [9.17, 15) is 19.4 Å². The van der Waals surface area contributed by atoms with Gasteiger partial charge in [-0.2, -0.15) is 0 Å². The molecule has 1 heterocycles. The second kappa shape index (κ2) is 8.61. The highest BCUT2D eigenvalue weighted by molar-refractivity contribution is 6.31. The highest BCUT2D eigenvalue weighted by Crippen LogP contribution is 2.39. The standard InChI is InChI=1S/C23H21Cl2FN2O3/c1-12-9-15(24)6-8-19(12)28-21(13-5-7-18(26)17(25)11-13)20(23(30)31)27-22(28)14-3-2-4-16(29)10-14/h5-9,11,14,16,29H,2-4,10H2,1H3,(H,30,31). The molecule has 2 unspecified atom stereocenters. The fraction of sp³-hybridized carbons (Fsp3) is 0.304. The monoisotopic (exact) mass is 462 g/mol. The number of nitrogens with zero attached hydrogens (tertiary/aromatic N) is 2. The number of benzene rings is 2. The van der Waals surface area contributed by atoms with Gasteiger partial charge < -0.3 is 10.2 Å². The van der Waals surface area contributed by atoms with Crippen LogP contribution >= 0.6 is 23.2 Å². The molecule has 1 aromatic heterocycles.